The Balaban J connectivity index is 1.43. The number of ether oxygens (including phenoxy) is 3. The Morgan fingerprint density at radius 3 is 2.82 bits per heavy atom. The molecule has 0 saturated heterocycles. The molecule has 1 amide bonds. The Hall–Kier alpha value is -3.46. The number of amides is 1. The Bertz CT molecular complexity index is 1410. The van der Waals surface area contributed by atoms with Crippen molar-refractivity contribution >= 4 is 38.7 Å². The van der Waals surface area contributed by atoms with Gasteiger partial charge in [-0.1, -0.05) is 0 Å². The van der Waals surface area contributed by atoms with E-state index in [9.17, 15) is 4.79 Å². The lowest BCUT2D eigenvalue weighted by Crippen LogP contribution is -2.38. The van der Waals surface area contributed by atoms with Gasteiger partial charge in [0.1, 0.15) is 22.5 Å². The molecule has 8 nitrogen and oxygen atoms in total. The van der Waals surface area contributed by atoms with Gasteiger partial charge in [-0.2, -0.15) is 0 Å². The van der Waals surface area contributed by atoms with E-state index < -0.39 is 11.7 Å². The lowest BCUT2D eigenvalue weighted by Gasteiger charge is -2.20. The van der Waals surface area contributed by atoms with Crippen molar-refractivity contribution in [1.29, 1.82) is 0 Å². The molecule has 0 fully saturated rings. The molecule has 1 atom stereocenters. The zero-order valence-corrected chi connectivity index (χ0v) is 20.6. The van der Waals surface area contributed by atoms with Crippen molar-refractivity contribution in [3.63, 3.8) is 0 Å². The van der Waals surface area contributed by atoms with Crippen molar-refractivity contribution in [1.82, 2.24) is 20.3 Å². The lowest BCUT2D eigenvalue weighted by atomic mass is 10.1. The first-order valence-corrected chi connectivity index (χ1v) is 11.9. The summed E-state index contributed by atoms with van der Waals surface area (Å²) in [6.45, 7) is 7.92. The number of aryl methyl sites for hydroxylation is 1. The van der Waals surface area contributed by atoms with Gasteiger partial charge in [0.05, 0.1) is 41.1 Å². The highest BCUT2D eigenvalue weighted by Crippen LogP contribution is 2.41. The predicted octanol–water partition coefficient (Wildman–Crippen LogP) is 5.05. The number of benzene rings is 2. The van der Waals surface area contributed by atoms with Gasteiger partial charge in [0.25, 0.3) is 0 Å². The van der Waals surface area contributed by atoms with Gasteiger partial charge in [0.15, 0.2) is 0 Å². The minimum Gasteiger partial charge on any atom is -0.488 e. The topological polar surface area (TPSA) is 95.5 Å². The highest BCUT2D eigenvalue weighted by Gasteiger charge is 2.28. The molecular formula is C25H26N4O4S. The maximum absolute atomic E-state index is 12.0. The van der Waals surface area contributed by atoms with Gasteiger partial charge in [0, 0.05) is 17.5 Å². The van der Waals surface area contributed by atoms with Gasteiger partial charge < -0.3 is 19.5 Å². The normalized spacial score (nSPS) is 15.3. The van der Waals surface area contributed by atoms with Crippen LogP contribution in [0.25, 0.3) is 31.8 Å². The Morgan fingerprint density at radius 1 is 1.24 bits per heavy atom. The summed E-state index contributed by atoms with van der Waals surface area (Å²) in [7, 11) is 1.58. The van der Waals surface area contributed by atoms with E-state index in [0.717, 1.165) is 48.7 Å². The number of nitrogens with zero attached hydrogens (tertiary/aromatic N) is 3. The fraction of sp³-hybridized carbons (Fsp3) is 0.360. The van der Waals surface area contributed by atoms with E-state index in [2.05, 4.69) is 21.4 Å². The predicted molar refractivity (Wildman–Crippen MR) is 132 cm³/mol. The summed E-state index contributed by atoms with van der Waals surface area (Å²) in [5.41, 5.74) is 5.08. The number of hydrogen-bond donors (Lipinski definition) is 1. The van der Waals surface area contributed by atoms with Crippen LogP contribution in [0, 0.1) is 6.92 Å². The molecule has 0 radical (unpaired) electrons. The molecule has 0 bridgehead atoms. The van der Waals surface area contributed by atoms with E-state index in [-0.39, 0.29) is 6.10 Å². The standard InChI is InChI=1S/C25H26N4O4S/c1-13-8-16(21-18(9-13)28-20(31-5)12-26-21)23-29-17-6-7-19-15(22(17)34-23)10-14(32-19)11-27-24(30)33-25(2,3)4/h6-9,12,14H,10-11H2,1-5H3,(H,27,30). The van der Waals surface area contributed by atoms with Crippen LogP contribution in [0.3, 0.4) is 0 Å². The number of methoxy groups -OCH3 is 1. The van der Waals surface area contributed by atoms with E-state index in [1.54, 1.807) is 24.6 Å². The largest absolute Gasteiger partial charge is 0.488 e. The zero-order valence-electron chi connectivity index (χ0n) is 19.8. The van der Waals surface area contributed by atoms with Crippen LogP contribution in [0.1, 0.15) is 31.9 Å². The van der Waals surface area contributed by atoms with Crippen LogP contribution < -0.4 is 14.8 Å². The number of carbonyl (C=O) groups is 1. The molecule has 1 aliphatic heterocycles. The van der Waals surface area contributed by atoms with Crippen molar-refractivity contribution in [3.05, 3.63) is 41.6 Å². The summed E-state index contributed by atoms with van der Waals surface area (Å²) in [6.07, 6.45) is 1.72. The first-order valence-electron chi connectivity index (χ1n) is 11.1. The quantitative estimate of drug-likeness (QED) is 0.438. The molecular weight excluding hydrogens is 452 g/mol. The Morgan fingerprint density at radius 2 is 2.06 bits per heavy atom. The van der Waals surface area contributed by atoms with Gasteiger partial charge >= 0.3 is 6.09 Å². The first-order chi connectivity index (χ1) is 16.2. The van der Waals surface area contributed by atoms with Crippen LogP contribution >= 0.6 is 11.3 Å². The molecule has 2 aromatic carbocycles. The van der Waals surface area contributed by atoms with Crippen LogP contribution in [0.2, 0.25) is 0 Å². The number of nitrogens with one attached hydrogen (secondary N) is 1. The van der Waals surface area contributed by atoms with Gasteiger partial charge in [-0.05, 0) is 57.5 Å². The second-order valence-electron chi connectivity index (χ2n) is 9.33. The monoisotopic (exact) mass is 478 g/mol. The van der Waals surface area contributed by atoms with E-state index >= 15 is 0 Å². The van der Waals surface area contributed by atoms with Gasteiger partial charge in [0.2, 0.25) is 5.88 Å². The lowest BCUT2D eigenvalue weighted by molar-refractivity contribution is 0.0506. The van der Waals surface area contributed by atoms with Crippen molar-refractivity contribution < 1.29 is 19.0 Å². The van der Waals surface area contributed by atoms with Crippen molar-refractivity contribution in [2.45, 2.75) is 45.8 Å². The van der Waals surface area contributed by atoms with Gasteiger partial charge in [-0.15, -0.1) is 11.3 Å². The second kappa shape index (κ2) is 8.39. The smallest absolute Gasteiger partial charge is 0.407 e. The molecule has 5 rings (SSSR count). The van der Waals surface area contributed by atoms with Crippen molar-refractivity contribution in [3.8, 4) is 22.2 Å². The maximum Gasteiger partial charge on any atom is 0.407 e. The van der Waals surface area contributed by atoms with Crippen LogP contribution in [-0.2, 0) is 11.2 Å². The van der Waals surface area contributed by atoms with Crippen molar-refractivity contribution in [2.75, 3.05) is 13.7 Å². The number of fused-ring (bicyclic) bond motifs is 4. The Kier molecular flexibility index (Phi) is 5.51. The summed E-state index contributed by atoms with van der Waals surface area (Å²) >= 11 is 1.62. The minimum atomic E-state index is -0.537. The molecule has 176 valence electrons. The molecule has 1 N–H and O–H groups in total. The third-order valence-electron chi connectivity index (χ3n) is 5.42. The van der Waals surface area contributed by atoms with E-state index in [1.165, 1.54) is 0 Å². The fourth-order valence-electron chi connectivity index (χ4n) is 4.03. The molecule has 34 heavy (non-hydrogen) atoms. The number of thiazole rings is 1. The first kappa shape index (κ1) is 22.3. The molecule has 0 aliphatic carbocycles. The number of alkyl carbamates (subject to hydrolysis) is 1. The summed E-state index contributed by atoms with van der Waals surface area (Å²) in [4.78, 5) is 26.1. The summed E-state index contributed by atoms with van der Waals surface area (Å²) in [5, 5.41) is 3.69. The van der Waals surface area contributed by atoms with Crippen LogP contribution in [0.15, 0.2) is 30.5 Å². The second-order valence-corrected chi connectivity index (χ2v) is 10.3. The van der Waals surface area contributed by atoms with Crippen LogP contribution in [0.4, 0.5) is 4.79 Å². The number of hydrogen-bond acceptors (Lipinski definition) is 8. The highest BCUT2D eigenvalue weighted by molar-refractivity contribution is 7.22. The molecule has 1 unspecified atom stereocenters. The third-order valence-corrected chi connectivity index (χ3v) is 6.59. The molecule has 0 saturated carbocycles. The van der Waals surface area contributed by atoms with Gasteiger partial charge in [-0.25, -0.2) is 19.7 Å². The van der Waals surface area contributed by atoms with E-state index in [1.807, 2.05) is 45.9 Å². The highest BCUT2D eigenvalue weighted by atomic mass is 32.1. The Labute approximate surface area is 201 Å². The van der Waals surface area contributed by atoms with E-state index in [4.69, 9.17) is 19.2 Å². The molecule has 4 aromatic rings. The fourth-order valence-corrected chi connectivity index (χ4v) is 5.16. The van der Waals surface area contributed by atoms with E-state index in [0.29, 0.717) is 18.8 Å². The number of carbonyl (C=O) groups excluding carboxylic acids is 1. The van der Waals surface area contributed by atoms with Crippen LogP contribution in [-0.4, -0.2) is 46.4 Å². The number of aromatic nitrogens is 3. The molecule has 1 aliphatic rings. The average Bonchev–Trinajstić information content (AvgIpc) is 3.39. The molecule has 2 aromatic heterocycles. The van der Waals surface area contributed by atoms with Gasteiger partial charge in [-0.3, -0.25) is 0 Å². The molecule has 0 spiro atoms. The maximum atomic E-state index is 12.0. The minimum absolute atomic E-state index is 0.156. The summed E-state index contributed by atoms with van der Waals surface area (Å²) in [5.74, 6) is 1.31. The molecule has 3 heterocycles. The zero-order chi connectivity index (χ0) is 24.0. The average molecular weight is 479 g/mol. The summed E-state index contributed by atoms with van der Waals surface area (Å²) < 4.78 is 17.7. The summed E-state index contributed by atoms with van der Waals surface area (Å²) in [6, 6.07) is 8.01. The molecule has 9 heteroatoms. The third kappa shape index (κ3) is 4.35. The SMILES string of the molecule is COc1cnc2c(-c3nc4ccc5c(c4s3)CC(CNC(=O)OC(C)(C)C)O5)cc(C)cc2n1. The van der Waals surface area contributed by atoms with Crippen molar-refractivity contribution in [2.24, 2.45) is 0 Å². The van der Waals surface area contributed by atoms with Crippen LogP contribution in [0.5, 0.6) is 11.6 Å². The number of rotatable bonds is 4.